The van der Waals surface area contributed by atoms with Crippen LogP contribution in [0.1, 0.15) is 24.8 Å². The second-order valence-corrected chi connectivity index (χ2v) is 7.82. The number of benzene rings is 2. The molecule has 1 aliphatic rings. The van der Waals surface area contributed by atoms with Gasteiger partial charge in [0.1, 0.15) is 5.82 Å². The van der Waals surface area contributed by atoms with E-state index in [-0.39, 0.29) is 17.8 Å². The van der Waals surface area contributed by atoms with Crippen molar-refractivity contribution in [2.75, 3.05) is 18.8 Å². The Bertz CT molecular complexity index is 685. The fourth-order valence-electron chi connectivity index (χ4n) is 3.16. The summed E-state index contributed by atoms with van der Waals surface area (Å²) in [6.07, 6.45) is 2.49. The van der Waals surface area contributed by atoms with Gasteiger partial charge in [0, 0.05) is 42.7 Å². The molecule has 0 saturated carbocycles. The quantitative estimate of drug-likeness (QED) is 0.743. The van der Waals surface area contributed by atoms with Crippen LogP contribution in [0.4, 0.5) is 4.39 Å². The van der Waals surface area contributed by atoms with Gasteiger partial charge in [-0.1, -0.05) is 30.3 Å². The Morgan fingerprint density at radius 1 is 1.08 bits per heavy atom. The number of piperidine rings is 1. The van der Waals surface area contributed by atoms with E-state index in [1.54, 1.807) is 11.8 Å². The van der Waals surface area contributed by atoms with Gasteiger partial charge in [-0.2, -0.15) is 0 Å². The normalized spacial score (nSPS) is 15.7. The zero-order valence-electron chi connectivity index (χ0n) is 14.9. The molecule has 26 heavy (non-hydrogen) atoms. The average Bonchev–Trinajstić information content (AvgIpc) is 2.66. The molecule has 0 atom stereocenters. The molecule has 3 nitrogen and oxygen atoms in total. The monoisotopic (exact) mass is 372 g/mol. The summed E-state index contributed by atoms with van der Waals surface area (Å²) in [5.74, 6) is 0.755. The van der Waals surface area contributed by atoms with Gasteiger partial charge in [-0.05, 0) is 42.7 Å². The molecule has 1 saturated heterocycles. The van der Waals surface area contributed by atoms with Gasteiger partial charge in [0.05, 0.1) is 0 Å². The Labute approximate surface area is 159 Å². The summed E-state index contributed by atoms with van der Waals surface area (Å²) in [5, 5.41) is 3.17. The summed E-state index contributed by atoms with van der Waals surface area (Å²) in [4.78, 5) is 15.7. The van der Waals surface area contributed by atoms with E-state index in [2.05, 4.69) is 22.3 Å². The molecule has 0 bridgehead atoms. The van der Waals surface area contributed by atoms with Gasteiger partial charge < -0.3 is 5.32 Å². The van der Waals surface area contributed by atoms with E-state index in [9.17, 15) is 9.18 Å². The maximum Gasteiger partial charge on any atom is 0.221 e. The molecule has 1 N–H and O–H groups in total. The first-order valence-electron chi connectivity index (χ1n) is 9.13. The number of likely N-dealkylation sites (tertiary alicyclic amines) is 1. The lowest BCUT2D eigenvalue weighted by atomic mass is 10.0. The number of halogens is 1. The third-order valence-corrected chi connectivity index (χ3v) is 5.63. The van der Waals surface area contributed by atoms with Gasteiger partial charge >= 0.3 is 0 Å². The van der Waals surface area contributed by atoms with Crippen LogP contribution in [0.15, 0.2) is 59.5 Å². The van der Waals surface area contributed by atoms with Crippen LogP contribution in [-0.4, -0.2) is 35.7 Å². The molecule has 0 aromatic heterocycles. The summed E-state index contributed by atoms with van der Waals surface area (Å²) in [5.41, 5.74) is 1.13. The van der Waals surface area contributed by atoms with E-state index < -0.39 is 0 Å². The van der Waals surface area contributed by atoms with Crippen LogP contribution >= 0.6 is 11.8 Å². The second-order valence-electron chi connectivity index (χ2n) is 6.66. The lowest BCUT2D eigenvalue weighted by Crippen LogP contribution is -2.44. The number of thioether (sulfide) groups is 1. The molecule has 1 fully saturated rings. The first kappa shape index (κ1) is 18.9. The molecule has 2 aromatic carbocycles. The SMILES string of the molecule is O=C(CCSc1ccccc1)NC1CCN(Cc2ccc(F)cc2)CC1. The summed E-state index contributed by atoms with van der Waals surface area (Å²) in [7, 11) is 0. The highest BCUT2D eigenvalue weighted by molar-refractivity contribution is 7.99. The van der Waals surface area contributed by atoms with Crippen LogP contribution in [0, 0.1) is 5.82 Å². The Kier molecular flexibility index (Phi) is 7.09. The Morgan fingerprint density at radius 2 is 1.77 bits per heavy atom. The fourth-order valence-corrected chi connectivity index (χ4v) is 4.03. The summed E-state index contributed by atoms with van der Waals surface area (Å²) in [6.45, 7) is 2.76. The highest BCUT2D eigenvalue weighted by Gasteiger charge is 2.20. The van der Waals surface area contributed by atoms with Crippen LogP contribution in [0.3, 0.4) is 0 Å². The van der Waals surface area contributed by atoms with Crippen LogP contribution in [-0.2, 0) is 11.3 Å². The zero-order valence-corrected chi connectivity index (χ0v) is 15.7. The summed E-state index contributed by atoms with van der Waals surface area (Å²) < 4.78 is 13.0. The first-order chi connectivity index (χ1) is 12.7. The molecular weight excluding hydrogens is 347 g/mol. The fraction of sp³-hybridized carbons (Fsp3) is 0.381. The largest absolute Gasteiger partial charge is 0.353 e. The third kappa shape index (κ3) is 6.15. The highest BCUT2D eigenvalue weighted by atomic mass is 32.2. The van der Waals surface area contributed by atoms with E-state index in [1.807, 2.05) is 30.3 Å². The van der Waals surface area contributed by atoms with E-state index in [4.69, 9.17) is 0 Å². The molecule has 0 spiro atoms. The molecule has 0 unspecified atom stereocenters. The highest BCUT2D eigenvalue weighted by Crippen LogP contribution is 2.18. The predicted octanol–water partition coefficient (Wildman–Crippen LogP) is 4.09. The van der Waals surface area contributed by atoms with Gasteiger partial charge in [-0.15, -0.1) is 11.8 Å². The van der Waals surface area contributed by atoms with Crippen LogP contribution < -0.4 is 5.32 Å². The topological polar surface area (TPSA) is 32.3 Å². The number of nitrogens with zero attached hydrogens (tertiary/aromatic N) is 1. The molecule has 3 rings (SSSR count). The van der Waals surface area contributed by atoms with Crippen molar-refractivity contribution < 1.29 is 9.18 Å². The number of rotatable bonds is 7. The van der Waals surface area contributed by atoms with Crippen molar-refractivity contribution in [2.45, 2.75) is 36.7 Å². The molecule has 0 radical (unpaired) electrons. The van der Waals surface area contributed by atoms with E-state index in [0.29, 0.717) is 6.42 Å². The molecule has 1 heterocycles. The smallest absolute Gasteiger partial charge is 0.221 e. The molecule has 138 valence electrons. The van der Waals surface area contributed by atoms with Crippen molar-refractivity contribution in [2.24, 2.45) is 0 Å². The van der Waals surface area contributed by atoms with Gasteiger partial charge in [0.15, 0.2) is 0 Å². The Hall–Kier alpha value is -1.85. The van der Waals surface area contributed by atoms with Crippen molar-refractivity contribution in [1.82, 2.24) is 10.2 Å². The summed E-state index contributed by atoms with van der Waals surface area (Å²) >= 11 is 1.72. The van der Waals surface area contributed by atoms with Crippen molar-refractivity contribution in [3.05, 3.63) is 66.0 Å². The maximum absolute atomic E-state index is 13.0. The number of nitrogens with one attached hydrogen (secondary N) is 1. The standard InChI is InChI=1S/C21H25FN2OS/c22-18-8-6-17(7-9-18)16-24-13-10-19(11-14-24)23-21(25)12-15-26-20-4-2-1-3-5-20/h1-9,19H,10-16H2,(H,23,25). The first-order valence-corrected chi connectivity index (χ1v) is 10.1. The molecular formula is C21H25FN2OS. The number of carbonyl (C=O) groups excluding carboxylic acids is 1. The lowest BCUT2D eigenvalue weighted by Gasteiger charge is -2.32. The average molecular weight is 373 g/mol. The van der Waals surface area contributed by atoms with Crippen molar-refractivity contribution in [3.8, 4) is 0 Å². The third-order valence-electron chi connectivity index (χ3n) is 4.61. The van der Waals surface area contributed by atoms with Crippen molar-refractivity contribution >= 4 is 17.7 Å². The van der Waals surface area contributed by atoms with Gasteiger partial charge in [0.2, 0.25) is 5.91 Å². The second kappa shape index (κ2) is 9.74. The molecule has 5 heteroatoms. The molecule has 1 aliphatic heterocycles. The van der Waals surface area contributed by atoms with Gasteiger partial charge in [-0.25, -0.2) is 4.39 Å². The Morgan fingerprint density at radius 3 is 2.46 bits per heavy atom. The summed E-state index contributed by atoms with van der Waals surface area (Å²) in [6, 6.07) is 17.1. The number of hydrogen-bond donors (Lipinski definition) is 1. The van der Waals surface area contributed by atoms with Crippen LogP contribution in [0.5, 0.6) is 0 Å². The van der Waals surface area contributed by atoms with Gasteiger partial charge in [0.25, 0.3) is 0 Å². The molecule has 0 aliphatic carbocycles. The van der Waals surface area contributed by atoms with Crippen LogP contribution in [0.25, 0.3) is 0 Å². The van der Waals surface area contributed by atoms with Crippen molar-refractivity contribution in [3.63, 3.8) is 0 Å². The van der Waals surface area contributed by atoms with Crippen LogP contribution in [0.2, 0.25) is 0 Å². The van der Waals surface area contributed by atoms with E-state index >= 15 is 0 Å². The maximum atomic E-state index is 13.0. The lowest BCUT2D eigenvalue weighted by molar-refractivity contribution is -0.121. The number of amides is 1. The van der Waals surface area contributed by atoms with Crippen molar-refractivity contribution in [1.29, 1.82) is 0 Å². The Balaban J connectivity index is 1.33. The minimum atomic E-state index is -0.194. The predicted molar refractivity (Wildman–Crippen MR) is 105 cm³/mol. The molecule has 1 amide bonds. The number of carbonyl (C=O) groups is 1. The molecule has 2 aromatic rings. The van der Waals surface area contributed by atoms with E-state index in [0.717, 1.165) is 43.8 Å². The van der Waals surface area contributed by atoms with Gasteiger partial charge in [-0.3, -0.25) is 9.69 Å². The van der Waals surface area contributed by atoms with E-state index in [1.165, 1.54) is 17.0 Å². The zero-order chi connectivity index (χ0) is 18.2. The minimum Gasteiger partial charge on any atom is -0.353 e. The minimum absolute atomic E-state index is 0.144. The number of hydrogen-bond acceptors (Lipinski definition) is 3.